The van der Waals surface area contributed by atoms with Gasteiger partial charge in [-0.3, -0.25) is 0 Å². The lowest BCUT2D eigenvalue weighted by Gasteiger charge is -2.27. The van der Waals surface area contributed by atoms with Crippen LogP contribution >= 0.6 is 22.9 Å². The van der Waals surface area contributed by atoms with Gasteiger partial charge in [0.15, 0.2) is 0 Å². The summed E-state index contributed by atoms with van der Waals surface area (Å²) in [6, 6.07) is 4.75. The van der Waals surface area contributed by atoms with Crippen molar-refractivity contribution in [3.63, 3.8) is 0 Å². The van der Waals surface area contributed by atoms with Gasteiger partial charge in [-0.15, -0.1) is 11.3 Å². The molecule has 0 amide bonds. The highest BCUT2D eigenvalue weighted by Crippen LogP contribution is 2.42. The lowest BCUT2D eigenvalue weighted by atomic mass is 9.89. The fraction of sp³-hybridized carbons (Fsp3) is 0.714. The smallest absolute Gasteiger partial charge is 0.0931 e. The summed E-state index contributed by atoms with van der Waals surface area (Å²) in [5.74, 6) is 1.63. The molecule has 3 atom stereocenters. The molecule has 1 nitrogen and oxygen atoms in total. The summed E-state index contributed by atoms with van der Waals surface area (Å²) in [7, 11) is 0. The Labute approximate surface area is 114 Å². The lowest BCUT2D eigenvalue weighted by molar-refractivity contribution is 0.305. The molecule has 1 fully saturated rings. The van der Waals surface area contributed by atoms with Crippen molar-refractivity contribution in [3.8, 4) is 0 Å². The quantitative estimate of drug-likeness (QED) is 0.805. The van der Waals surface area contributed by atoms with Crippen LogP contribution in [0.5, 0.6) is 0 Å². The number of rotatable bonds is 5. The Balaban J connectivity index is 2.12. The summed E-state index contributed by atoms with van der Waals surface area (Å²) in [5.41, 5.74) is 0. The van der Waals surface area contributed by atoms with Crippen LogP contribution in [0, 0.1) is 11.8 Å². The van der Waals surface area contributed by atoms with Gasteiger partial charge in [0.05, 0.1) is 4.34 Å². The van der Waals surface area contributed by atoms with Gasteiger partial charge < -0.3 is 5.32 Å². The van der Waals surface area contributed by atoms with Crippen molar-refractivity contribution >= 4 is 22.9 Å². The van der Waals surface area contributed by atoms with E-state index in [1.807, 2.05) is 6.07 Å². The van der Waals surface area contributed by atoms with E-state index in [9.17, 15) is 0 Å². The highest BCUT2D eigenvalue weighted by molar-refractivity contribution is 7.16. The van der Waals surface area contributed by atoms with Crippen molar-refractivity contribution in [2.45, 2.75) is 45.6 Å². The maximum atomic E-state index is 6.07. The molecule has 0 radical (unpaired) electrons. The fourth-order valence-electron chi connectivity index (χ4n) is 2.93. The van der Waals surface area contributed by atoms with Gasteiger partial charge in [0.25, 0.3) is 0 Å². The van der Waals surface area contributed by atoms with E-state index in [4.69, 9.17) is 11.6 Å². The van der Waals surface area contributed by atoms with E-state index in [1.54, 1.807) is 11.3 Å². The second-order valence-corrected chi connectivity index (χ2v) is 6.89. The fourth-order valence-corrected chi connectivity index (χ4v) is 4.14. The summed E-state index contributed by atoms with van der Waals surface area (Å²) < 4.78 is 0.911. The summed E-state index contributed by atoms with van der Waals surface area (Å²) in [6.07, 6.45) is 5.32. The molecule has 0 spiro atoms. The molecule has 1 saturated carbocycles. The Morgan fingerprint density at radius 3 is 2.82 bits per heavy atom. The minimum atomic E-state index is 0.518. The van der Waals surface area contributed by atoms with Crippen molar-refractivity contribution in [1.82, 2.24) is 5.32 Å². The average Bonchev–Trinajstić information content (AvgIpc) is 2.90. The molecule has 0 saturated heterocycles. The summed E-state index contributed by atoms with van der Waals surface area (Å²) in [4.78, 5) is 1.42. The Bertz CT molecular complexity index is 350. The molecule has 1 N–H and O–H groups in total. The van der Waals surface area contributed by atoms with Crippen LogP contribution in [-0.4, -0.2) is 6.54 Å². The first-order chi connectivity index (χ1) is 8.22. The van der Waals surface area contributed by atoms with Crippen LogP contribution in [0.25, 0.3) is 0 Å². The molecule has 1 aromatic rings. The number of halogens is 1. The zero-order valence-corrected chi connectivity index (χ0v) is 12.3. The Morgan fingerprint density at radius 1 is 1.47 bits per heavy atom. The molecule has 1 aliphatic rings. The Hall–Kier alpha value is -0.0500. The van der Waals surface area contributed by atoms with E-state index < -0.39 is 0 Å². The molecular formula is C14H22ClNS. The van der Waals surface area contributed by atoms with Crippen LogP contribution in [0.4, 0.5) is 0 Å². The average molecular weight is 272 g/mol. The predicted molar refractivity (Wildman–Crippen MR) is 76.9 cm³/mol. The second-order valence-electron chi connectivity index (χ2n) is 5.15. The number of thiophene rings is 1. The third-order valence-electron chi connectivity index (χ3n) is 3.87. The van der Waals surface area contributed by atoms with E-state index in [0.29, 0.717) is 6.04 Å². The minimum absolute atomic E-state index is 0.518. The maximum absolute atomic E-state index is 6.07. The maximum Gasteiger partial charge on any atom is 0.0931 e. The van der Waals surface area contributed by atoms with Crippen LogP contribution in [0.2, 0.25) is 4.34 Å². The normalized spacial score (nSPS) is 26.3. The van der Waals surface area contributed by atoms with Gasteiger partial charge in [-0.1, -0.05) is 38.3 Å². The predicted octanol–water partition coefficient (Wildman–Crippen LogP) is 4.88. The molecule has 17 heavy (non-hydrogen) atoms. The van der Waals surface area contributed by atoms with Crippen LogP contribution in [0.1, 0.15) is 50.4 Å². The molecule has 3 heteroatoms. The van der Waals surface area contributed by atoms with Crippen LogP contribution in [-0.2, 0) is 0 Å². The first-order valence-electron chi connectivity index (χ1n) is 6.71. The molecule has 96 valence electrons. The third kappa shape index (κ3) is 3.24. The van der Waals surface area contributed by atoms with Gasteiger partial charge >= 0.3 is 0 Å². The zero-order valence-electron chi connectivity index (χ0n) is 10.7. The van der Waals surface area contributed by atoms with Crippen molar-refractivity contribution in [1.29, 1.82) is 0 Å². The number of nitrogens with one attached hydrogen (secondary N) is 1. The van der Waals surface area contributed by atoms with Crippen molar-refractivity contribution < 1.29 is 0 Å². The third-order valence-corrected chi connectivity index (χ3v) is 5.18. The lowest BCUT2D eigenvalue weighted by Crippen LogP contribution is -2.29. The molecule has 2 rings (SSSR count). The van der Waals surface area contributed by atoms with Gasteiger partial charge in [0.1, 0.15) is 0 Å². The van der Waals surface area contributed by atoms with Crippen LogP contribution in [0.3, 0.4) is 0 Å². The minimum Gasteiger partial charge on any atom is -0.309 e. The zero-order chi connectivity index (χ0) is 12.3. The SMILES string of the molecule is CCCNC(c1ccc(Cl)s1)C1CCCC1C. The van der Waals surface area contributed by atoms with E-state index in [-0.39, 0.29) is 0 Å². The first kappa shape index (κ1) is 13.4. The molecular weight excluding hydrogens is 250 g/mol. The number of hydrogen-bond acceptors (Lipinski definition) is 2. The molecule has 0 aliphatic heterocycles. The largest absolute Gasteiger partial charge is 0.309 e. The van der Waals surface area contributed by atoms with Gasteiger partial charge in [-0.05, 0) is 43.4 Å². The highest BCUT2D eigenvalue weighted by atomic mass is 35.5. The van der Waals surface area contributed by atoms with Crippen molar-refractivity contribution in [2.24, 2.45) is 11.8 Å². The summed E-state index contributed by atoms with van der Waals surface area (Å²) in [5, 5.41) is 3.72. The van der Waals surface area contributed by atoms with Gasteiger partial charge in [0, 0.05) is 10.9 Å². The Kier molecular flexibility index (Phi) is 4.89. The van der Waals surface area contributed by atoms with E-state index in [0.717, 1.165) is 22.7 Å². The molecule has 0 aromatic carbocycles. The van der Waals surface area contributed by atoms with E-state index >= 15 is 0 Å². The number of hydrogen-bond donors (Lipinski definition) is 1. The van der Waals surface area contributed by atoms with Gasteiger partial charge in [-0.2, -0.15) is 0 Å². The van der Waals surface area contributed by atoms with Gasteiger partial charge in [0.2, 0.25) is 0 Å². The van der Waals surface area contributed by atoms with Gasteiger partial charge in [-0.25, -0.2) is 0 Å². The monoisotopic (exact) mass is 271 g/mol. The highest BCUT2D eigenvalue weighted by Gasteiger charge is 2.32. The standard InChI is InChI=1S/C14H22ClNS/c1-3-9-16-14(11-6-4-5-10(11)2)12-7-8-13(15)17-12/h7-8,10-11,14,16H,3-6,9H2,1-2H3. The summed E-state index contributed by atoms with van der Waals surface area (Å²) in [6.45, 7) is 5.72. The van der Waals surface area contributed by atoms with Crippen LogP contribution < -0.4 is 5.32 Å². The molecule has 1 heterocycles. The first-order valence-corrected chi connectivity index (χ1v) is 7.90. The van der Waals surface area contributed by atoms with Crippen molar-refractivity contribution in [3.05, 3.63) is 21.3 Å². The Morgan fingerprint density at radius 2 is 2.29 bits per heavy atom. The van der Waals surface area contributed by atoms with E-state index in [2.05, 4.69) is 25.2 Å². The molecule has 1 aromatic heterocycles. The molecule has 0 bridgehead atoms. The van der Waals surface area contributed by atoms with E-state index in [1.165, 1.54) is 30.6 Å². The summed E-state index contributed by atoms with van der Waals surface area (Å²) >= 11 is 7.81. The van der Waals surface area contributed by atoms with Crippen LogP contribution in [0.15, 0.2) is 12.1 Å². The topological polar surface area (TPSA) is 12.0 Å². The molecule has 3 unspecified atom stereocenters. The van der Waals surface area contributed by atoms with Crippen molar-refractivity contribution in [2.75, 3.05) is 6.54 Å². The second kappa shape index (κ2) is 6.21. The molecule has 1 aliphatic carbocycles.